The highest BCUT2D eigenvalue weighted by molar-refractivity contribution is 7.12. The molecule has 0 aliphatic rings. The average Bonchev–Trinajstić information content (AvgIpc) is 2.75. The lowest BCUT2D eigenvalue weighted by atomic mass is 10.3. The molecule has 0 unspecified atom stereocenters. The van der Waals surface area contributed by atoms with Gasteiger partial charge in [0.1, 0.15) is 5.82 Å². The summed E-state index contributed by atoms with van der Waals surface area (Å²) in [5.74, 6) is -0.431. The molecule has 1 aromatic heterocycles. The van der Waals surface area contributed by atoms with Crippen molar-refractivity contribution in [3.05, 3.63) is 49.9 Å². The number of anilines is 1. The fourth-order valence-corrected chi connectivity index (χ4v) is 3.09. The Balaban J connectivity index is 2.10. The van der Waals surface area contributed by atoms with E-state index >= 15 is 0 Å². The third-order valence-electron chi connectivity index (χ3n) is 2.51. The van der Waals surface area contributed by atoms with Gasteiger partial charge in [-0.2, -0.15) is 0 Å². The van der Waals surface area contributed by atoms with E-state index in [-0.39, 0.29) is 0 Å². The number of aryl methyl sites for hydroxylation is 1. The van der Waals surface area contributed by atoms with E-state index < -0.39 is 5.82 Å². The molecular formula is C13H12Cl2FNS. The Morgan fingerprint density at radius 3 is 2.33 bits per heavy atom. The molecule has 2 rings (SSSR count). The summed E-state index contributed by atoms with van der Waals surface area (Å²) in [6.07, 6.45) is 1.03. The Kier molecular flexibility index (Phi) is 4.49. The summed E-state index contributed by atoms with van der Waals surface area (Å²) in [4.78, 5) is 2.53. The Morgan fingerprint density at radius 1 is 1.17 bits per heavy atom. The van der Waals surface area contributed by atoms with E-state index in [0.717, 1.165) is 6.42 Å². The third-order valence-corrected chi connectivity index (χ3v) is 4.34. The predicted octanol–water partition coefficient (Wildman–Crippen LogP) is 5.37. The van der Waals surface area contributed by atoms with Gasteiger partial charge in [-0.05, 0) is 30.7 Å². The Morgan fingerprint density at radius 2 is 1.78 bits per heavy atom. The van der Waals surface area contributed by atoms with Gasteiger partial charge in [0.25, 0.3) is 0 Å². The van der Waals surface area contributed by atoms with Crippen molar-refractivity contribution in [2.45, 2.75) is 19.9 Å². The molecule has 0 aliphatic heterocycles. The molecule has 0 amide bonds. The summed E-state index contributed by atoms with van der Waals surface area (Å²) in [5.41, 5.74) is 0.575. The lowest BCUT2D eigenvalue weighted by Gasteiger charge is -2.09. The molecule has 0 saturated heterocycles. The molecule has 0 aliphatic carbocycles. The lowest BCUT2D eigenvalue weighted by molar-refractivity contribution is 0.628. The minimum atomic E-state index is -0.431. The highest BCUT2D eigenvalue weighted by Gasteiger charge is 2.08. The van der Waals surface area contributed by atoms with Crippen LogP contribution in [0.15, 0.2) is 24.3 Å². The van der Waals surface area contributed by atoms with E-state index in [1.54, 1.807) is 11.3 Å². The van der Waals surface area contributed by atoms with Crippen LogP contribution in [0.2, 0.25) is 10.0 Å². The second-order valence-corrected chi connectivity index (χ2v) is 5.89. The SMILES string of the molecule is CCc1ccc(CNc2c(Cl)cc(F)cc2Cl)s1. The van der Waals surface area contributed by atoms with Crippen LogP contribution < -0.4 is 5.32 Å². The summed E-state index contributed by atoms with van der Waals surface area (Å²) < 4.78 is 13.0. The highest BCUT2D eigenvalue weighted by Crippen LogP contribution is 2.32. The van der Waals surface area contributed by atoms with Crippen LogP contribution in [0, 0.1) is 5.82 Å². The maximum atomic E-state index is 13.0. The third kappa shape index (κ3) is 3.16. The van der Waals surface area contributed by atoms with E-state index in [2.05, 4.69) is 24.4 Å². The van der Waals surface area contributed by atoms with Crippen LogP contribution in [-0.4, -0.2) is 0 Å². The van der Waals surface area contributed by atoms with Gasteiger partial charge in [-0.25, -0.2) is 4.39 Å². The fraction of sp³-hybridized carbons (Fsp3) is 0.231. The summed E-state index contributed by atoms with van der Waals surface area (Å²) in [7, 11) is 0. The quantitative estimate of drug-likeness (QED) is 0.801. The monoisotopic (exact) mass is 303 g/mol. The average molecular weight is 304 g/mol. The van der Waals surface area contributed by atoms with Crippen molar-refractivity contribution in [2.75, 3.05) is 5.32 Å². The molecule has 2 aromatic rings. The van der Waals surface area contributed by atoms with E-state index in [0.29, 0.717) is 22.3 Å². The van der Waals surface area contributed by atoms with Gasteiger partial charge in [0.15, 0.2) is 0 Å². The molecule has 1 heterocycles. The van der Waals surface area contributed by atoms with E-state index in [1.807, 2.05) is 0 Å². The van der Waals surface area contributed by atoms with E-state index in [1.165, 1.54) is 21.9 Å². The molecule has 0 fully saturated rings. The number of halogens is 3. The van der Waals surface area contributed by atoms with Gasteiger partial charge in [0, 0.05) is 16.3 Å². The standard InChI is InChI=1S/C13H12Cl2FNS/c1-2-9-3-4-10(18-9)7-17-13-11(14)5-8(16)6-12(13)15/h3-6,17H,2,7H2,1H3. The van der Waals surface area contributed by atoms with E-state index in [9.17, 15) is 4.39 Å². The second kappa shape index (κ2) is 5.91. The van der Waals surface area contributed by atoms with Crippen LogP contribution in [0.5, 0.6) is 0 Å². The molecular weight excluding hydrogens is 292 g/mol. The second-order valence-electron chi connectivity index (χ2n) is 3.82. The van der Waals surface area contributed by atoms with Gasteiger partial charge in [0.2, 0.25) is 0 Å². The first-order valence-electron chi connectivity index (χ1n) is 5.56. The van der Waals surface area contributed by atoms with Gasteiger partial charge in [0.05, 0.1) is 15.7 Å². The largest absolute Gasteiger partial charge is 0.378 e. The van der Waals surface area contributed by atoms with Crippen molar-refractivity contribution in [3.63, 3.8) is 0 Å². The van der Waals surface area contributed by atoms with Crippen molar-refractivity contribution >= 4 is 40.2 Å². The van der Waals surface area contributed by atoms with Gasteiger partial charge in [-0.1, -0.05) is 30.1 Å². The highest BCUT2D eigenvalue weighted by atomic mass is 35.5. The minimum absolute atomic E-state index is 0.298. The zero-order valence-electron chi connectivity index (χ0n) is 9.77. The van der Waals surface area contributed by atoms with Crippen molar-refractivity contribution in [1.82, 2.24) is 0 Å². The zero-order chi connectivity index (χ0) is 13.1. The maximum Gasteiger partial charge on any atom is 0.126 e. The number of hydrogen-bond donors (Lipinski definition) is 1. The minimum Gasteiger partial charge on any atom is -0.378 e. The van der Waals surface area contributed by atoms with Crippen LogP contribution >= 0.6 is 34.5 Å². The predicted molar refractivity (Wildman–Crippen MR) is 77.4 cm³/mol. The summed E-state index contributed by atoms with van der Waals surface area (Å²) in [6.45, 7) is 2.76. The van der Waals surface area contributed by atoms with Crippen LogP contribution in [0.4, 0.5) is 10.1 Å². The van der Waals surface area contributed by atoms with Crippen molar-refractivity contribution in [1.29, 1.82) is 0 Å². The molecule has 1 aromatic carbocycles. The van der Waals surface area contributed by atoms with Crippen LogP contribution in [0.3, 0.4) is 0 Å². The van der Waals surface area contributed by atoms with Gasteiger partial charge >= 0.3 is 0 Å². The Bertz CT molecular complexity index is 531. The normalized spacial score (nSPS) is 10.7. The first-order chi connectivity index (χ1) is 8.60. The van der Waals surface area contributed by atoms with Crippen molar-refractivity contribution < 1.29 is 4.39 Å². The molecule has 0 saturated carbocycles. The van der Waals surface area contributed by atoms with Crippen molar-refractivity contribution in [3.8, 4) is 0 Å². The number of rotatable bonds is 4. The van der Waals surface area contributed by atoms with Crippen molar-refractivity contribution in [2.24, 2.45) is 0 Å². The van der Waals surface area contributed by atoms with Gasteiger partial charge in [-0.3, -0.25) is 0 Å². The summed E-state index contributed by atoms with van der Waals surface area (Å²) in [6, 6.07) is 6.68. The van der Waals surface area contributed by atoms with E-state index in [4.69, 9.17) is 23.2 Å². The molecule has 0 radical (unpaired) electrons. The molecule has 0 atom stereocenters. The lowest BCUT2D eigenvalue weighted by Crippen LogP contribution is -1.99. The number of hydrogen-bond acceptors (Lipinski definition) is 2. The zero-order valence-corrected chi connectivity index (χ0v) is 12.1. The molecule has 96 valence electrons. The Hall–Kier alpha value is -0.770. The topological polar surface area (TPSA) is 12.0 Å². The van der Waals surface area contributed by atoms with Crippen LogP contribution in [0.25, 0.3) is 0 Å². The molecule has 1 nitrogen and oxygen atoms in total. The number of thiophene rings is 1. The van der Waals surface area contributed by atoms with Crippen LogP contribution in [-0.2, 0) is 13.0 Å². The van der Waals surface area contributed by atoms with Gasteiger partial charge in [-0.15, -0.1) is 11.3 Å². The summed E-state index contributed by atoms with van der Waals surface area (Å²) in [5, 5.41) is 3.74. The maximum absolute atomic E-state index is 13.0. The number of nitrogens with one attached hydrogen (secondary N) is 1. The molecule has 18 heavy (non-hydrogen) atoms. The van der Waals surface area contributed by atoms with Crippen LogP contribution in [0.1, 0.15) is 16.7 Å². The smallest absolute Gasteiger partial charge is 0.126 e. The Labute approximate surface area is 120 Å². The summed E-state index contributed by atoms with van der Waals surface area (Å²) >= 11 is 13.6. The molecule has 0 spiro atoms. The first kappa shape index (κ1) is 13.7. The number of benzene rings is 1. The van der Waals surface area contributed by atoms with Gasteiger partial charge < -0.3 is 5.32 Å². The molecule has 0 bridgehead atoms. The molecule has 1 N–H and O–H groups in total. The first-order valence-corrected chi connectivity index (χ1v) is 7.13. The molecule has 5 heteroatoms. The fourth-order valence-electron chi connectivity index (χ4n) is 1.59.